The van der Waals surface area contributed by atoms with Gasteiger partial charge < -0.3 is 105 Å². The second-order valence-electron chi connectivity index (χ2n) is 11.4. The van der Waals surface area contributed by atoms with Crippen molar-refractivity contribution in [2.75, 3.05) is 26.4 Å². The van der Waals surface area contributed by atoms with Gasteiger partial charge in [0.05, 0.1) is 26.4 Å². The molecule has 0 aromatic heterocycles. The third kappa shape index (κ3) is 6.61. The molecule has 1 unspecified atom stereocenters. The molecule has 4 saturated heterocycles. The largest absolute Gasteiger partial charge is 0.394 e. The van der Waals surface area contributed by atoms with Crippen LogP contribution in [0.5, 0.6) is 0 Å². The van der Waals surface area contributed by atoms with Crippen LogP contribution in [0.4, 0.5) is 0 Å². The van der Waals surface area contributed by atoms with Gasteiger partial charge in [-0.3, -0.25) is 0 Å². The zero-order valence-electron chi connectivity index (χ0n) is 23.5. The molecule has 264 valence electrons. The van der Waals surface area contributed by atoms with Crippen molar-refractivity contribution in [2.45, 2.75) is 122 Å². The molecule has 0 amide bonds. The first-order chi connectivity index (χ1) is 21.2. The summed E-state index contributed by atoms with van der Waals surface area (Å²) in [4.78, 5) is 0. The lowest BCUT2D eigenvalue weighted by Crippen LogP contribution is -2.77. The van der Waals surface area contributed by atoms with Gasteiger partial charge in [0.25, 0.3) is 0 Å². The van der Waals surface area contributed by atoms with Crippen LogP contribution < -0.4 is 0 Å². The first kappa shape index (κ1) is 37.0. The zero-order valence-corrected chi connectivity index (χ0v) is 23.5. The number of aliphatic hydroxyl groups is 15. The first-order valence-electron chi connectivity index (χ1n) is 14.1. The first-order valence-corrected chi connectivity index (χ1v) is 14.1. The van der Waals surface area contributed by atoms with E-state index in [1.165, 1.54) is 0 Å². The normalized spacial score (nSPS) is 54.6. The minimum Gasteiger partial charge on any atom is -0.394 e. The SMILES string of the molecule is OC[C@H]1O[C@H](C2(O[C@@H]3[C@@H](O)[C@@H](O[C@H]4O[C@H](CO)[C@@H](O)[C@H](O)[C@H]4O)O[C@H](CO)[C@H]3O)O[C@H](CO)[C@@H](O)[C@H](O)[C@H]2O)[C@H](O)[C@@H](O)[C@@H]1O. The smallest absolute Gasteiger partial charge is 0.228 e. The molecule has 0 aliphatic carbocycles. The molecule has 0 saturated carbocycles. The van der Waals surface area contributed by atoms with E-state index < -0.39 is 149 Å². The summed E-state index contributed by atoms with van der Waals surface area (Å²) in [5, 5.41) is 156. The summed E-state index contributed by atoms with van der Waals surface area (Å²) in [5.74, 6) is -3.06. The molecule has 4 heterocycles. The topological polar surface area (TPSA) is 359 Å². The number of hydrogen-bond acceptors (Lipinski definition) is 21. The van der Waals surface area contributed by atoms with Crippen LogP contribution in [-0.4, -0.2) is 225 Å². The Balaban J connectivity index is 1.72. The molecule has 4 rings (SSSR count). The highest BCUT2D eigenvalue weighted by Crippen LogP contribution is 2.43. The fourth-order valence-electron chi connectivity index (χ4n) is 5.83. The van der Waals surface area contributed by atoms with Crippen molar-refractivity contribution >= 4 is 0 Å². The Morgan fingerprint density at radius 3 is 1.42 bits per heavy atom. The van der Waals surface area contributed by atoms with E-state index in [1.807, 2.05) is 0 Å². The highest BCUT2D eigenvalue weighted by molar-refractivity contribution is 5.08. The summed E-state index contributed by atoms with van der Waals surface area (Å²) in [5.41, 5.74) is 0. The summed E-state index contributed by atoms with van der Waals surface area (Å²) >= 11 is 0. The average Bonchev–Trinajstić information content (AvgIpc) is 3.03. The third-order valence-electron chi connectivity index (χ3n) is 8.53. The average molecular weight is 667 g/mol. The molecular formula is C24H42O21. The molecule has 4 aliphatic rings. The minimum atomic E-state index is -3.06. The molecule has 21 heteroatoms. The standard InChI is InChI=1S/C24H42O21/c25-1-5-9(29)13(33)16(36)21(40-5)24(20(39)15(35)11(31)8(4-28)44-24)45-19-12(32)7(3-27)42-23(18(19)38)43-22-17(37)14(34)10(30)6(2-26)41-22/h5-23,25-39H,1-4H2/t5-,6-,7-,8-,9-,10-,11-,12-,13+,14+,15+,16-,17-,18-,19+,20-,21+,22-,23-,24?/m1/s1. The van der Waals surface area contributed by atoms with Crippen LogP contribution in [0.1, 0.15) is 0 Å². The molecule has 0 radical (unpaired) electrons. The van der Waals surface area contributed by atoms with E-state index in [-0.39, 0.29) is 0 Å². The van der Waals surface area contributed by atoms with Gasteiger partial charge in [0.2, 0.25) is 5.79 Å². The molecule has 0 bridgehead atoms. The van der Waals surface area contributed by atoms with E-state index in [0.717, 1.165) is 0 Å². The van der Waals surface area contributed by atoms with E-state index in [4.69, 9.17) is 28.4 Å². The lowest BCUT2D eigenvalue weighted by atomic mass is 9.82. The van der Waals surface area contributed by atoms with Gasteiger partial charge in [-0.25, -0.2) is 0 Å². The van der Waals surface area contributed by atoms with Crippen LogP contribution in [0.15, 0.2) is 0 Å². The monoisotopic (exact) mass is 666 g/mol. The van der Waals surface area contributed by atoms with E-state index in [1.54, 1.807) is 0 Å². The Labute approximate surface area is 254 Å². The van der Waals surface area contributed by atoms with Crippen LogP contribution in [0.2, 0.25) is 0 Å². The van der Waals surface area contributed by atoms with Gasteiger partial charge in [-0.1, -0.05) is 0 Å². The summed E-state index contributed by atoms with van der Waals surface area (Å²) in [6, 6.07) is 0. The Morgan fingerprint density at radius 2 is 0.889 bits per heavy atom. The van der Waals surface area contributed by atoms with Gasteiger partial charge in [0.1, 0.15) is 104 Å². The summed E-state index contributed by atoms with van der Waals surface area (Å²) in [6.45, 7) is -3.89. The van der Waals surface area contributed by atoms with E-state index in [0.29, 0.717) is 0 Å². The third-order valence-corrected chi connectivity index (χ3v) is 8.53. The molecule has 15 N–H and O–H groups in total. The Kier molecular flexibility index (Phi) is 12.1. The molecule has 4 aliphatic heterocycles. The lowest BCUT2D eigenvalue weighted by molar-refractivity contribution is -0.448. The van der Waals surface area contributed by atoms with Crippen molar-refractivity contribution in [1.29, 1.82) is 0 Å². The van der Waals surface area contributed by atoms with Gasteiger partial charge >= 0.3 is 0 Å². The maximum Gasteiger partial charge on any atom is 0.228 e. The molecule has 0 aromatic rings. The van der Waals surface area contributed by atoms with Gasteiger partial charge in [-0.15, -0.1) is 0 Å². The Hall–Kier alpha value is -0.840. The predicted octanol–water partition coefficient (Wildman–Crippen LogP) is -10.4. The number of rotatable bonds is 9. The second-order valence-corrected chi connectivity index (χ2v) is 11.4. The number of ether oxygens (including phenoxy) is 6. The van der Waals surface area contributed by atoms with E-state index in [9.17, 15) is 76.6 Å². The molecule has 0 aromatic carbocycles. The molecule has 45 heavy (non-hydrogen) atoms. The molecule has 20 atom stereocenters. The maximum atomic E-state index is 11.3. The number of aliphatic hydroxyl groups excluding tert-OH is 15. The van der Waals surface area contributed by atoms with Crippen molar-refractivity contribution < 1.29 is 105 Å². The second kappa shape index (κ2) is 14.7. The van der Waals surface area contributed by atoms with Crippen LogP contribution in [-0.2, 0) is 28.4 Å². The summed E-state index contributed by atoms with van der Waals surface area (Å²) in [7, 11) is 0. The van der Waals surface area contributed by atoms with Crippen molar-refractivity contribution in [3.8, 4) is 0 Å². The zero-order chi connectivity index (χ0) is 33.5. The fraction of sp³-hybridized carbons (Fsp3) is 1.00. The van der Waals surface area contributed by atoms with Gasteiger partial charge in [-0.05, 0) is 0 Å². The fourth-order valence-corrected chi connectivity index (χ4v) is 5.83. The van der Waals surface area contributed by atoms with Gasteiger partial charge in [0.15, 0.2) is 12.6 Å². The highest BCUT2D eigenvalue weighted by Gasteiger charge is 2.66. The molecule has 4 fully saturated rings. The van der Waals surface area contributed by atoms with Crippen LogP contribution in [0, 0.1) is 0 Å². The maximum absolute atomic E-state index is 11.3. The molecule has 0 spiro atoms. The van der Waals surface area contributed by atoms with Crippen molar-refractivity contribution in [1.82, 2.24) is 0 Å². The summed E-state index contributed by atoms with van der Waals surface area (Å²) < 4.78 is 33.0. The van der Waals surface area contributed by atoms with Crippen LogP contribution >= 0.6 is 0 Å². The minimum absolute atomic E-state index is 0.848. The molecule has 21 nitrogen and oxygen atoms in total. The summed E-state index contributed by atoms with van der Waals surface area (Å²) in [6.07, 6.45) is -38.0. The van der Waals surface area contributed by atoms with Gasteiger partial charge in [0, 0.05) is 0 Å². The van der Waals surface area contributed by atoms with Gasteiger partial charge in [-0.2, -0.15) is 0 Å². The van der Waals surface area contributed by atoms with Crippen molar-refractivity contribution in [3.05, 3.63) is 0 Å². The number of hydrogen-bond donors (Lipinski definition) is 15. The quantitative estimate of drug-likeness (QED) is 0.109. The Bertz CT molecular complexity index is 943. The van der Waals surface area contributed by atoms with Crippen molar-refractivity contribution in [3.63, 3.8) is 0 Å². The van der Waals surface area contributed by atoms with Crippen LogP contribution in [0.3, 0.4) is 0 Å². The lowest BCUT2D eigenvalue weighted by Gasteiger charge is -2.56. The van der Waals surface area contributed by atoms with Crippen molar-refractivity contribution in [2.24, 2.45) is 0 Å². The molecular weight excluding hydrogens is 624 g/mol. The highest BCUT2D eigenvalue weighted by atomic mass is 16.8. The van der Waals surface area contributed by atoms with E-state index >= 15 is 0 Å². The Morgan fingerprint density at radius 1 is 0.444 bits per heavy atom. The predicted molar refractivity (Wildman–Crippen MR) is 134 cm³/mol. The van der Waals surface area contributed by atoms with Crippen LogP contribution in [0.25, 0.3) is 0 Å². The van der Waals surface area contributed by atoms with E-state index in [2.05, 4.69) is 0 Å².